The van der Waals surface area contributed by atoms with Gasteiger partial charge in [0.1, 0.15) is 11.9 Å². The minimum Gasteiger partial charge on any atom is -0.368 e. The van der Waals surface area contributed by atoms with Crippen molar-refractivity contribution in [2.75, 3.05) is 31.1 Å². The number of carbonyl (C=O) groups is 2. The molecular formula is C19H26FN3O2. The van der Waals surface area contributed by atoms with Gasteiger partial charge in [-0.1, -0.05) is 6.92 Å². The van der Waals surface area contributed by atoms with Crippen LogP contribution in [-0.4, -0.2) is 59.9 Å². The van der Waals surface area contributed by atoms with Crippen LogP contribution in [-0.2, 0) is 9.59 Å². The molecule has 5 nitrogen and oxygen atoms in total. The van der Waals surface area contributed by atoms with E-state index in [-0.39, 0.29) is 29.7 Å². The second-order valence-electron chi connectivity index (χ2n) is 6.90. The third kappa shape index (κ3) is 3.62. The van der Waals surface area contributed by atoms with Gasteiger partial charge in [-0.25, -0.2) is 4.39 Å². The van der Waals surface area contributed by atoms with Crippen molar-refractivity contribution in [2.24, 2.45) is 0 Å². The highest BCUT2D eigenvalue weighted by molar-refractivity contribution is 5.91. The molecule has 1 aromatic rings. The van der Waals surface area contributed by atoms with E-state index in [9.17, 15) is 14.0 Å². The minimum atomic E-state index is -0.306. The summed E-state index contributed by atoms with van der Waals surface area (Å²) in [6, 6.07) is 6.26. The number of hydrogen-bond donors (Lipinski definition) is 0. The highest BCUT2D eigenvalue weighted by Crippen LogP contribution is 2.25. The molecule has 3 rings (SSSR count). The number of halogens is 1. The van der Waals surface area contributed by atoms with Crippen LogP contribution in [0.25, 0.3) is 0 Å². The second-order valence-corrected chi connectivity index (χ2v) is 6.90. The lowest BCUT2D eigenvalue weighted by atomic mass is 10.1. The lowest BCUT2D eigenvalue weighted by molar-refractivity contribution is -0.143. The van der Waals surface area contributed by atoms with Crippen molar-refractivity contribution in [1.29, 1.82) is 0 Å². The fourth-order valence-electron chi connectivity index (χ4n) is 3.74. The maximum atomic E-state index is 13.1. The van der Waals surface area contributed by atoms with E-state index in [1.54, 1.807) is 17.0 Å². The van der Waals surface area contributed by atoms with E-state index in [4.69, 9.17) is 0 Å². The van der Waals surface area contributed by atoms with Gasteiger partial charge in [-0.3, -0.25) is 9.59 Å². The molecule has 2 aliphatic rings. The fourth-order valence-corrected chi connectivity index (χ4v) is 3.74. The monoisotopic (exact) mass is 347 g/mol. The van der Waals surface area contributed by atoms with Crippen LogP contribution in [0.15, 0.2) is 24.3 Å². The molecule has 0 bridgehead atoms. The molecular weight excluding hydrogens is 321 g/mol. The van der Waals surface area contributed by atoms with Crippen molar-refractivity contribution in [3.05, 3.63) is 30.1 Å². The maximum Gasteiger partial charge on any atom is 0.245 e. The molecule has 6 heteroatoms. The van der Waals surface area contributed by atoms with Gasteiger partial charge in [0.2, 0.25) is 11.8 Å². The summed E-state index contributed by atoms with van der Waals surface area (Å²) in [5.74, 6) is -0.0730. The molecule has 0 spiro atoms. The molecule has 2 saturated heterocycles. The number of nitrogens with zero attached hydrogens (tertiary/aromatic N) is 3. The Hall–Kier alpha value is -2.11. The Bertz CT molecular complexity index is 626. The summed E-state index contributed by atoms with van der Waals surface area (Å²) in [5.41, 5.74) is 0.978. The van der Waals surface area contributed by atoms with Crippen molar-refractivity contribution in [1.82, 2.24) is 9.80 Å². The molecule has 0 aliphatic carbocycles. The van der Waals surface area contributed by atoms with Crippen LogP contribution in [0.5, 0.6) is 0 Å². The largest absolute Gasteiger partial charge is 0.368 e. The van der Waals surface area contributed by atoms with E-state index in [1.165, 1.54) is 12.1 Å². The number of piperazine rings is 1. The molecule has 25 heavy (non-hydrogen) atoms. The van der Waals surface area contributed by atoms with Crippen LogP contribution in [0.4, 0.5) is 10.1 Å². The van der Waals surface area contributed by atoms with Gasteiger partial charge in [-0.15, -0.1) is 0 Å². The first-order chi connectivity index (χ1) is 12.0. The molecule has 2 heterocycles. The minimum absolute atomic E-state index is 0.0740. The topological polar surface area (TPSA) is 43.9 Å². The summed E-state index contributed by atoms with van der Waals surface area (Å²) >= 11 is 0. The SMILES string of the molecule is CC[C@@H](C)N1C(=O)CC[C@H]1C(=O)N1CCN(c2ccc(F)cc2)CC1. The summed E-state index contributed by atoms with van der Waals surface area (Å²) in [6.45, 7) is 6.77. The molecule has 0 N–H and O–H groups in total. The van der Waals surface area contributed by atoms with Gasteiger partial charge < -0.3 is 14.7 Å². The lowest BCUT2D eigenvalue weighted by Crippen LogP contribution is -2.55. The Labute approximate surface area is 148 Å². The number of amides is 2. The van der Waals surface area contributed by atoms with Gasteiger partial charge in [0.15, 0.2) is 0 Å². The third-order valence-electron chi connectivity index (χ3n) is 5.39. The zero-order valence-corrected chi connectivity index (χ0v) is 14.9. The lowest BCUT2D eigenvalue weighted by Gasteiger charge is -2.39. The predicted octanol–water partition coefficient (Wildman–Crippen LogP) is 2.26. The quantitative estimate of drug-likeness (QED) is 0.839. The number of likely N-dealkylation sites (tertiary alicyclic amines) is 1. The first-order valence-corrected chi connectivity index (χ1v) is 9.11. The van der Waals surface area contributed by atoms with E-state index in [0.717, 1.165) is 25.2 Å². The summed E-state index contributed by atoms with van der Waals surface area (Å²) in [7, 11) is 0. The van der Waals surface area contributed by atoms with E-state index in [0.29, 0.717) is 25.9 Å². The molecule has 2 fully saturated rings. The molecule has 0 aromatic heterocycles. The molecule has 0 unspecified atom stereocenters. The van der Waals surface area contributed by atoms with Crippen molar-refractivity contribution in [3.63, 3.8) is 0 Å². The van der Waals surface area contributed by atoms with Gasteiger partial charge in [0.25, 0.3) is 0 Å². The normalized spacial score (nSPS) is 22.4. The zero-order chi connectivity index (χ0) is 18.0. The Morgan fingerprint density at radius 3 is 2.44 bits per heavy atom. The number of hydrogen-bond acceptors (Lipinski definition) is 3. The summed E-state index contributed by atoms with van der Waals surface area (Å²) in [5, 5.41) is 0. The Balaban J connectivity index is 1.61. The summed E-state index contributed by atoms with van der Waals surface area (Å²) in [4.78, 5) is 30.9. The zero-order valence-electron chi connectivity index (χ0n) is 14.9. The third-order valence-corrected chi connectivity index (χ3v) is 5.39. The van der Waals surface area contributed by atoms with Crippen molar-refractivity contribution >= 4 is 17.5 Å². The Kier molecular flexibility index (Phi) is 5.25. The highest BCUT2D eigenvalue weighted by atomic mass is 19.1. The second kappa shape index (κ2) is 7.42. The number of carbonyl (C=O) groups excluding carboxylic acids is 2. The average molecular weight is 347 g/mol. The van der Waals surface area contributed by atoms with Gasteiger partial charge >= 0.3 is 0 Å². The van der Waals surface area contributed by atoms with Crippen LogP contribution >= 0.6 is 0 Å². The van der Waals surface area contributed by atoms with Gasteiger partial charge in [-0.2, -0.15) is 0 Å². The number of anilines is 1. The van der Waals surface area contributed by atoms with E-state index >= 15 is 0 Å². The van der Waals surface area contributed by atoms with Crippen molar-refractivity contribution in [2.45, 2.75) is 45.2 Å². The standard InChI is InChI=1S/C19H26FN3O2/c1-3-14(2)23-17(8-9-18(23)24)19(25)22-12-10-21(11-13-22)16-6-4-15(20)5-7-16/h4-7,14,17H,3,8-13H2,1-2H3/t14-,17+/m1/s1. The van der Waals surface area contributed by atoms with Crippen LogP contribution in [0.1, 0.15) is 33.1 Å². The van der Waals surface area contributed by atoms with Crippen LogP contribution < -0.4 is 4.90 Å². The van der Waals surface area contributed by atoms with Crippen LogP contribution in [0.2, 0.25) is 0 Å². The smallest absolute Gasteiger partial charge is 0.245 e. The molecule has 1 aromatic carbocycles. The summed E-state index contributed by atoms with van der Waals surface area (Å²) in [6.07, 6.45) is 1.95. The molecule has 0 saturated carbocycles. The van der Waals surface area contributed by atoms with Gasteiger partial charge in [-0.05, 0) is 44.0 Å². The van der Waals surface area contributed by atoms with Gasteiger partial charge in [0, 0.05) is 44.3 Å². The van der Waals surface area contributed by atoms with Crippen LogP contribution in [0, 0.1) is 5.82 Å². The van der Waals surface area contributed by atoms with E-state index < -0.39 is 0 Å². The predicted molar refractivity (Wildman–Crippen MR) is 94.8 cm³/mol. The fraction of sp³-hybridized carbons (Fsp3) is 0.579. The molecule has 0 radical (unpaired) electrons. The molecule has 136 valence electrons. The van der Waals surface area contributed by atoms with Crippen molar-refractivity contribution in [3.8, 4) is 0 Å². The van der Waals surface area contributed by atoms with Gasteiger partial charge in [0.05, 0.1) is 0 Å². The van der Waals surface area contributed by atoms with Crippen molar-refractivity contribution < 1.29 is 14.0 Å². The first-order valence-electron chi connectivity index (χ1n) is 9.11. The average Bonchev–Trinajstić information content (AvgIpc) is 3.03. The number of benzene rings is 1. The van der Waals surface area contributed by atoms with Crippen LogP contribution in [0.3, 0.4) is 0 Å². The molecule has 2 atom stereocenters. The maximum absolute atomic E-state index is 13.1. The Morgan fingerprint density at radius 2 is 1.84 bits per heavy atom. The summed E-state index contributed by atoms with van der Waals surface area (Å²) < 4.78 is 13.1. The van der Waals surface area contributed by atoms with E-state index in [2.05, 4.69) is 4.90 Å². The van der Waals surface area contributed by atoms with E-state index in [1.807, 2.05) is 18.7 Å². The Morgan fingerprint density at radius 1 is 1.20 bits per heavy atom. The molecule has 2 amide bonds. The highest BCUT2D eigenvalue weighted by Gasteiger charge is 2.40. The first kappa shape index (κ1) is 17.7. The molecule has 2 aliphatic heterocycles. The number of rotatable bonds is 4.